The van der Waals surface area contributed by atoms with Gasteiger partial charge in [-0.2, -0.15) is 13.2 Å². The molecule has 0 spiro atoms. The first-order valence-corrected chi connectivity index (χ1v) is 13.8. The number of alkyl halides is 3. The monoisotopic (exact) mass is 550 g/mol. The molecule has 1 aliphatic carbocycles. The third kappa shape index (κ3) is 8.14. The second-order valence-electron chi connectivity index (χ2n) is 9.13. The minimum Gasteiger partial charge on any atom is -0.384 e. The van der Waals surface area contributed by atoms with Crippen molar-refractivity contribution in [1.82, 2.24) is 16.0 Å². The van der Waals surface area contributed by atoms with E-state index in [1.165, 1.54) is 6.07 Å². The number of anilines is 1. The van der Waals surface area contributed by atoms with Gasteiger partial charge in [-0.1, -0.05) is 19.8 Å². The molecule has 0 bridgehead atoms. The van der Waals surface area contributed by atoms with E-state index in [1.54, 1.807) is 23.9 Å². The molecule has 0 radical (unpaired) electrons. The molecule has 7 nitrogen and oxygen atoms in total. The van der Waals surface area contributed by atoms with Crippen LogP contribution in [0.3, 0.4) is 0 Å². The average Bonchev–Trinajstić information content (AvgIpc) is 2.91. The van der Waals surface area contributed by atoms with Crippen molar-refractivity contribution in [2.45, 2.75) is 62.2 Å². The first-order valence-electron chi connectivity index (χ1n) is 12.6. The van der Waals surface area contributed by atoms with E-state index in [1.807, 2.05) is 25.3 Å². The van der Waals surface area contributed by atoms with Gasteiger partial charge in [-0.05, 0) is 68.0 Å². The number of thioether (sulfide) groups is 1. The normalized spacial score (nSPS) is 17.4. The van der Waals surface area contributed by atoms with Crippen LogP contribution in [0.2, 0.25) is 0 Å². The van der Waals surface area contributed by atoms with Crippen LogP contribution in [0, 0.1) is 0 Å². The first-order chi connectivity index (χ1) is 18.1. The van der Waals surface area contributed by atoms with Crippen LogP contribution in [0.1, 0.15) is 65.3 Å². The Bertz CT molecular complexity index is 1130. The number of amides is 3. The zero-order chi connectivity index (χ0) is 27.7. The molecule has 1 aliphatic rings. The molecular formula is C27H33F3N4O3S. The fourth-order valence-corrected chi connectivity index (χ4v) is 4.71. The van der Waals surface area contributed by atoms with Crippen molar-refractivity contribution in [1.29, 1.82) is 0 Å². The second kappa shape index (κ2) is 13.5. The molecule has 0 aliphatic heterocycles. The molecule has 2 atom stereocenters. The maximum Gasteiger partial charge on any atom is 0.416 e. The van der Waals surface area contributed by atoms with E-state index in [0.29, 0.717) is 31.4 Å². The van der Waals surface area contributed by atoms with Crippen molar-refractivity contribution < 1.29 is 27.6 Å². The Labute approximate surface area is 224 Å². The third-order valence-electron chi connectivity index (χ3n) is 6.35. The Balaban J connectivity index is 1.61. The van der Waals surface area contributed by atoms with Crippen LogP contribution in [0.5, 0.6) is 0 Å². The molecule has 3 amide bonds. The van der Waals surface area contributed by atoms with Gasteiger partial charge in [0.1, 0.15) is 0 Å². The number of rotatable bonds is 10. The van der Waals surface area contributed by atoms with Gasteiger partial charge in [-0.15, -0.1) is 11.8 Å². The van der Waals surface area contributed by atoms with Gasteiger partial charge >= 0.3 is 6.18 Å². The molecule has 0 heterocycles. The van der Waals surface area contributed by atoms with Crippen molar-refractivity contribution in [3.63, 3.8) is 0 Å². The quantitative estimate of drug-likeness (QED) is 0.318. The number of hydrogen-bond acceptors (Lipinski definition) is 5. The third-order valence-corrected chi connectivity index (χ3v) is 7.09. The Kier molecular flexibility index (Phi) is 10.5. The van der Waals surface area contributed by atoms with Crippen molar-refractivity contribution in [2.24, 2.45) is 0 Å². The fourth-order valence-electron chi connectivity index (χ4n) is 4.31. The lowest BCUT2D eigenvalue weighted by Gasteiger charge is -2.33. The van der Waals surface area contributed by atoms with E-state index in [0.717, 1.165) is 29.9 Å². The van der Waals surface area contributed by atoms with Crippen molar-refractivity contribution >= 4 is 35.2 Å². The van der Waals surface area contributed by atoms with E-state index in [2.05, 4.69) is 21.3 Å². The highest BCUT2D eigenvalue weighted by Crippen LogP contribution is 2.32. The van der Waals surface area contributed by atoms with E-state index in [4.69, 9.17) is 0 Å². The van der Waals surface area contributed by atoms with Crippen LogP contribution in [0.4, 0.5) is 18.9 Å². The lowest BCUT2D eigenvalue weighted by molar-refractivity contribution is -0.137. The second-order valence-corrected chi connectivity index (χ2v) is 10.0. The van der Waals surface area contributed by atoms with Crippen LogP contribution in [-0.2, 0) is 11.0 Å². The Morgan fingerprint density at radius 2 is 1.61 bits per heavy atom. The summed E-state index contributed by atoms with van der Waals surface area (Å²) in [5, 5.41) is 11.2. The Morgan fingerprint density at radius 1 is 0.947 bits per heavy atom. The van der Waals surface area contributed by atoms with Crippen molar-refractivity contribution in [3.8, 4) is 0 Å². The van der Waals surface area contributed by atoms with Gasteiger partial charge in [0.2, 0.25) is 5.91 Å². The van der Waals surface area contributed by atoms with Gasteiger partial charge in [-0.3, -0.25) is 14.4 Å². The first kappa shape index (κ1) is 29.3. The smallest absolute Gasteiger partial charge is 0.384 e. The van der Waals surface area contributed by atoms with Gasteiger partial charge in [-0.25, -0.2) is 0 Å². The molecular weight excluding hydrogens is 517 g/mol. The molecule has 2 aromatic carbocycles. The molecule has 38 heavy (non-hydrogen) atoms. The molecule has 4 N–H and O–H groups in total. The zero-order valence-electron chi connectivity index (χ0n) is 21.4. The van der Waals surface area contributed by atoms with E-state index in [9.17, 15) is 27.6 Å². The predicted octanol–water partition coefficient (Wildman–Crippen LogP) is 4.84. The van der Waals surface area contributed by atoms with Crippen molar-refractivity contribution in [2.75, 3.05) is 24.7 Å². The minimum absolute atomic E-state index is 0.184. The fraction of sp³-hybridized carbons (Fsp3) is 0.444. The molecule has 0 aromatic heterocycles. The van der Waals surface area contributed by atoms with Crippen LogP contribution < -0.4 is 21.3 Å². The molecule has 0 saturated heterocycles. The van der Waals surface area contributed by atoms with Crippen LogP contribution >= 0.6 is 11.8 Å². The largest absolute Gasteiger partial charge is 0.416 e. The van der Waals surface area contributed by atoms with Crippen LogP contribution in [0.15, 0.2) is 47.4 Å². The van der Waals surface area contributed by atoms with Gasteiger partial charge in [0.25, 0.3) is 11.8 Å². The van der Waals surface area contributed by atoms with Crippen LogP contribution in [0.25, 0.3) is 0 Å². The summed E-state index contributed by atoms with van der Waals surface area (Å²) in [5.74, 6) is -1.50. The van der Waals surface area contributed by atoms with E-state index < -0.39 is 30.1 Å². The SMILES string of the molecule is CCCNc1ccc(C(F)(F)F)cc1C(=O)NCC(=O)N[C@@H]1CCCC[C@@H]1NC(=O)c1ccc(SC)cc1. The summed E-state index contributed by atoms with van der Waals surface area (Å²) in [6.07, 6.45) is 1.21. The number of hydrogen-bond donors (Lipinski definition) is 4. The lowest BCUT2D eigenvalue weighted by Crippen LogP contribution is -2.54. The summed E-state index contributed by atoms with van der Waals surface area (Å²) in [4.78, 5) is 39.2. The topological polar surface area (TPSA) is 99.3 Å². The highest BCUT2D eigenvalue weighted by Gasteiger charge is 2.32. The summed E-state index contributed by atoms with van der Waals surface area (Å²) in [5.41, 5.74) is -0.341. The summed E-state index contributed by atoms with van der Waals surface area (Å²) in [6, 6.07) is 9.57. The van der Waals surface area contributed by atoms with Gasteiger partial charge in [0.15, 0.2) is 0 Å². The molecule has 206 valence electrons. The standard InChI is InChI=1S/C27H33F3N4O3S/c1-3-14-31-21-13-10-18(27(28,29)30)15-20(21)26(37)32-16-24(35)33-22-6-4-5-7-23(22)34-25(36)17-8-11-19(38-2)12-9-17/h8-13,15,22-23,31H,3-7,14,16H2,1-2H3,(H,32,37)(H,33,35)(H,34,36)/t22-,23+/m1/s1. The molecule has 1 saturated carbocycles. The molecule has 2 aromatic rings. The Hall–Kier alpha value is -3.21. The Morgan fingerprint density at radius 3 is 2.21 bits per heavy atom. The summed E-state index contributed by atoms with van der Waals surface area (Å²) in [7, 11) is 0. The van der Waals surface area contributed by atoms with Crippen molar-refractivity contribution in [3.05, 3.63) is 59.2 Å². The maximum atomic E-state index is 13.2. The number of benzene rings is 2. The number of carbonyl (C=O) groups is 3. The van der Waals surface area contributed by atoms with Gasteiger partial charge < -0.3 is 21.3 Å². The van der Waals surface area contributed by atoms with Crippen LogP contribution in [-0.4, -0.2) is 49.2 Å². The summed E-state index contributed by atoms with van der Waals surface area (Å²) < 4.78 is 39.6. The van der Waals surface area contributed by atoms with Gasteiger partial charge in [0.05, 0.1) is 17.7 Å². The number of halogens is 3. The van der Waals surface area contributed by atoms with E-state index >= 15 is 0 Å². The average molecular weight is 551 g/mol. The van der Waals surface area contributed by atoms with Gasteiger partial charge in [0, 0.05) is 34.8 Å². The molecule has 11 heteroatoms. The summed E-state index contributed by atoms with van der Waals surface area (Å²) in [6.45, 7) is 1.96. The lowest BCUT2D eigenvalue weighted by atomic mass is 9.90. The van der Waals surface area contributed by atoms with E-state index in [-0.39, 0.29) is 29.2 Å². The highest BCUT2D eigenvalue weighted by atomic mass is 32.2. The molecule has 3 rings (SSSR count). The highest BCUT2D eigenvalue weighted by molar-refractivity contribution is 7.98. The number of nitrogens with one attached hydrogen (secondary N) is 4. The minimum atomic E-state index is -4.60. The maximum absolute atomic E-state index is 13.2. The zero-order valence-corrected chi connectivity index (χ0v) is 22.2. The number of carbonyl (C=O) groups excluding carboxylic acids is 3. The molecule has 0 unspecified atom stereocenters. The summed E-state index contributed by atoms with van der Waals surface area (Å²) >= 11 is 1.58. The predicted molar refractivity (Wildman–Crippen MR) is 142 cm³/mol. The molecule has 1 fully saturated rings.